The highest BCUT2D eigenvalue weighted by Crippen LogP contribution is 2.36. The highest BCUT2D eigenvalue weighted by Gasteiger charge is 2.08. The highest BCUT2D eigenvalue weighted by molar-refractivity contribution is 14.1. The van der Waals surface area contributed by atoms with E-state index in [2.05, 4.69) is 83.3 Å². The van der Waals surface area contributed by atoms with Crippen LogP contribution in [0.2, 0.25) is 0 Å². The maximum Gasteiger partial charge on any atom is 0.0398 e. The van der Waals surface area contributed by atoms with Gasteiger partial charge in [0.2, 0.25) is 0 Å². The van der Waals surface area contributed by atoms with Crippen molar-refractivity contribution in [2.24, 2.45) is 0 Å². The van der Waals surface area contributed by atoms with Crippen LogP contribution in [0.5, 0.6) is 0 Å². The molecule has 0 saturated carbocycles. The van der Waals surface area contributed by atoms with Gasteiger partial charge in [-0.3, -0.25) is 0 Å². The number of fused-ring (bicyclic) bond motifs is 1. The summed E-state index contributed by atoms with van der Waals surface area (Å²) in [4.78, 5) is 0. The van der Waals surface area contributed by atoms with Gasteiger partial charge in [0.1, 0.15) is 0 Å². The molecule has 1 unspecified atom stereocenters. The van der Waals surface area contributed by atoms with E-state index in [4.69, 9.17) is 7.57 Å². The molecule has 0 heterocycles. The molecule has 0 nitrogen and oxygen atoms in total. The molecule has 3 rings (SSSR count). The molecule has 0 saturated heterocycles. The molecule has 0 fully saturated rings. The van der Waals surface area contributed by atoms with Crippen LogP contribution in [-0.4, -0.2) is 7.57 Å². The summed E-state index contributed by atoms with van der Waals surface area (Å²) in [7, 11) is 5.44. The Morgan fingerprint density at radius 3 is 2.30 bits per heavy atom. The van der Waals surface area contributed by atoms with E-state index in [1.54, 1.807) is 0 Å². The van der Waals surface area contributed by atoms with Gasteiger partial charge in [-0.15, -0.1) is 0 Å². The minimum absolute atomic E-state index is 0.964. The predicted molar refractivity (Wildman–Crippen MR) is 101 cm³/mol. The Labute approximate surface area is 135 Å². The van der Waals surface area contributed by atoms with Gasteiger partial charge in [0, 0.05) is 20.4 Å². The lowest BCUT2D eigenvalue weighted by atomic mass is 10.1. The molecular weight excluding hydrogens is 373 g/mol. The zero-order valence-electron chi connectivity index (χ0n) is 11.0. The summed E-state index contributed by atoms with van der Waals surface area (Å²) in [6.07, 6.45) is 0.964. The first-order chi connectivity index (χ1) is 9.75. The lowest BCUT2D eigenvalue weighted by Gasteiger charge is -2.18. The normalized spacial score (nSPS) is 12.5. The van der Waals surface area contributed by atoms with Crippen LogP contribution in [0.3, 0.4) is 0 Å². The second-order valence-electron chi connectivity index (χ2n) is 4.82. The summed E-state index contributed by atoms with van der Waals surface area (Å²) in [5, 5.41) is 3.96. The van der Waals surface area contributed by atoms with Crippen LogP contribution in [0.25, 0.3) is 10.8 Å². The first-order valence-corrected chi connectivity index (χ1v) is 9.45. The van der Waals surface area contributed by atoms with Crippen LogP contribution in [0, 0.1) is 3.57 Å². The standard InChI is InChI=1S/C17H14BIP/c18-20(15-9-2-1-3-10-15)12-14-8-4-6-13-7-5-11-16(19)17(13)14/h1-11,20H,12H2. The summed E-state index contributed by atoms with van der Waals surface area (Å²) < 4.78 is 1.30. The van der Waals surface area contributed by atoms with Gasteiger partial charge >= 0.3 is 0 Å². The van der Waals surface area contributed by atoms with Crippen molar-refractivity contribution in [3.63, 3.8) is 0 Å². The largest absolute Gasteiger partial charge is 0.302 e. The zero-order valence-corrected chi connectivity index (χ0v) is 14.2. The fourth-order valence-electron chi connectivity index (χ4n) is 2.48. The average molecular weight is 387 g/mol. The average Bonchev–Trinajstić information content (AvgIpc) is 2.48. The van der Waals surface area contributed by atoms with Crippen LogP contribution in [-0.2, 0) is 6.16 Å². The molecule has 0 aromatic heterocycles. The topological polar surface area (TPSA) is 0 Å². The lowest BCUT2D eigenvalue weighted by Crippen LogP contribution is -2.02. The Kier molecular flexibility index (Phi) is 4.43. The lowest BCUT2D eigenvalue weighted by molar-refractivity contribution is 1.45. The molecule has 20 heavy (non-hydrogen) atoms. The SMILES string of the molecule is [B-][PH+](Cc1cccc2cccc(I)c12)c1ccccc1. The van der Waals surface area contributed by atoms with E-state index in [1.807, 2.05) is 6.07 Å². The van der Waals surface area contributed by atoms with Gasteiger partial charge in [-0.1, -0.05) is 48.5 Å². The maximum absolute atomic E-state index is 6.47. The van der Waals surface area contributed by atoms with Gasteiger partial charge in [0.25, 0.3) is 0 Å². The van der Waals surface area contributed by atoms with E-state index >= 15 is 0 Å². The molecule has 1 atom stereocenters. The summed E-state index contributed by atoms with van der Waals surface area (Å²) in [5.74, 6) is 0. The van der Waals surface area contributed by atoms with Gasteiger partial charge in [0.05, 0.1) is 0 Å². The number of benzene rings is 3. The third-order valence-electron chi connectivity index (χ3n) is 3.47. The fourth-order valence-corrected chi connectivity index (χ4v) is 4.87. The van der Waals surface area contributed by atoms with Gasteiger partial charge in [0.15, 0.2) is 0 Å². The van der Waals surface area contributed by atoms with Crippen molar-refractivity contribution in [1.82, 2.24) is 0 Å². The van der Waals surface area contributed by atoms with E-state index in [9.17, 15) is 0 Å². The van der Waals surface area contributed by atoms with Crippen LogP contribution in [0.4, 0.5) is 0 Å². The Morgan fingerprint density at radius 2 is 1.55 bits per heavy atom. The van der Waals surface area contributed by atoms with Gasteiger partial charge < -0.3 is 7.57 Å². The van der Waals surface area contributed by atoms with Crippen LogP contribution >= 0.6 is 30.4 Å². The molecule has 0 aliphatic carbocycles. The van der Waals surface area contributed by atoms with Gasteiger partial charge in [-0.2, -0.15) is 0 Å². The van der Waals surface area contributed by atoms with Crippen LogP contribution < -0.4 is 5.30 Å². The third kappa shape index (κ3) is 2.92. The van der Waals surface area contributed by atoms with E-state index in [0.717, 1.165) is 6.16 Å². The zero-order chi connectivity index (χ0) is 13.9. The van der Waals surface area contributed by atoms with Crippen LogP contribution in [0.1, 0.15) is 5.56 Å². The Balaban J connectivity index is 1.99. The molecule has 0 bridgehead atoms. The minimum Gasteiger partial charge on any atom is -0.302 e. The highest BCUT2D eigenvalue weighted by atomic mass is 127. The molecule has 3 aromatic rings. The predicted octanol–water partition coefficient (Wildman–Crippen LogP) is 4.57. The number of hydrogen-bond donors (Lipinski definition) is 0. The fraction of sp³-hybridized carbons (Fsp3) is 0.0588. The molecule has 3 aromatic carbocycles. The first kappa shape index (κ1) is 14.1. The van der Waals surface area contributed by atoms with Crippen molar-refractivity contribution < 1.29 is 0 Å². The monoisotopic (exact) mass is 387 g/mol. The van der Waals surface area contributed by atoms with Crippen molar-refractivity contribution in [3.05, 3.63) is 75.9 Å². The van der Waals surface area contributed by atoms with Crippen molar-refractivity contribution >= 4 is 54.0 Å². The van der Waals surface area contributed by atoms with E-state index in [-0.39, 0.29) is 0 Å². The molecular formula is C17H14BIP. The van der Waals surface area contributed by atoms with E-state index in [0.29, 0.717) is 0 Å². The Hall–Kier alpha value is -0.855. The Bertz CT molecular complexity index is 722. The first-order valence-electron chi connectivity index (χ1n) is 6.58. The molecule has 97 valence electrons. The minimum atomic E-state index is -1.03. The summed E-state index contributed by atoms with van der Waals surface area (Å²) in [6.45, 7) is 0. The second kappa shape index (κ2) is 6.28. The van der Waals surface area contributed by atoms with Crippen molar-refractivity contribution in [3.8, 4) is 0 Å². The molecule has 0 aliphatic heterocycles. The van der Waals surface area contributed by atoms with Crippen molar-refractivity contribution in [2.75, 3.05) is 0 Å². The van der Waals surface area contributed by atoms with E-state index in [1.165, 1.54) is 25.2 Å². The molecule has 0 amide bonds. The van der Waals surface area contributed by atoms with Gasteiger partial charge in [-0.05, 0) is 51.7 Å². The summed E-state index contributed by atoms with van der Waals surface area (Å²) in [5.41, 5.74) is 1.37. The van der Waals surface area contributed by atoms with Gasteiger partial charge in [-0.25, -0.2) is 7.80 Å². The van der Waals surface area contributed by atoms with Crippen molar-refractivity contribution in [2.45, 2.75) is 6.16 Å². The second-order valence-corrected chi connectivity index (χ2v) is 7.97. The molecule has 3 heteroatoms. The number of halogens is 1. The quantitative estimate of drug-likeness (QED) is 0.351. The molecule has 0 spiro atoms. The molecule has 3 radical (unpaired) electrons. The summed E-state index contributed by atoms with van der Waals surface area (Å²) in [6, 6.07) is 23.4. The van der Waals surface area contributed by atoms with E-state index < -0.39 is 7.80 Å². The molecule has 0 aliphatic rings. The third-order valence-corrected chi connectivity index (χ3v) is 6.20. The smallest absolute Gasteiger partial charge is 0.0398 e. The summed E-state index contributed by atoms with van der Waals surface area (Å²) >= 11 is 2.42. The maximum atomic E-state index is 6.47. The van der Waals surface area contributed by atoms with Crippen LogP contribution in [0.15, 0.2) is 66.7 Å². The Morgan fingerprint density at radius 1 is 0.850 bits per heavy atom. The number of rotatable bonds is 3. The van der Waals surface area contributed by atoms with Crippen molar-refractivity contribution in [1.29, 1.82) is 0 Å². The molecule has 0 N–H and O–H groups in total. The number of hydrogen-bond acceptors (Lipinski definition) is 0.